The highest BCUT2D eigenvalue weighted by Crippen LogP contribution is 2.46. The summed E-state index contributed by atoms with van der Waals surface area (Å²) < 4.78 is 7.09. The van der Waals surface area contributed by atoms with E-state index in [4.69, 9.17) is 4.74 Å². The second-order valence-electron chi connectivity index (χ2n) is 5.11. The summed E-state index contributed by atoms with van der Waals surface area (Å²) in [5.41, 5.74) is 2.58. The first kappa shape index (κ1) is 14.3. The Morgan fingerprint density at radius 1 is 1.00 bits per heavy atom. The lowest BCUT2D eigenvalue weighted by molar-refractivity contribution is 0.0905. The Morgan fingerprint density at radius 2 is 1.70 bits per heavy atom. The molecule has 3 rings (SSSR count). The first-order valence-corrected chi connectivity index (χ1v) is 8.52. The molecular formula is C17H16Br2O. The lowest BCUT2D eigenvalue weighted by Gasteiger charge is -2.24. The van der Waals surface area contributed by atoms with E-state index in [1.807, 2.05) is 0 Å². The van der Waals surface area contributed by atoms with Crippen molar-refractivity contribution in [1.82, 2.24) is 0 Å². The largest absolute Gasteiger partial charge is 0.373 e. The van der Waals surface area contributed by atoms with Crippen LogP contribution in [0.5, 0.6) is 0 Å². The zero-order valence-electron chi connectivity index (χ0n) is 11.0. The molecule has 3 heteroatoms. The molecule has 0 amide bonds. The minimum atomic E-state index is 0.174. The van der Waals surface area contributed by atoms with Gasteiger partial charge in [0.05, 0.1) is 6.10 Å². The highest BCUT2D eigenvalue weighted by molar-refractivity contribution is 9.10. The van der Waals surface area contributed by atoms with Crippen molar-refractivity contribution in [1.29, 1.82) is 0 Å². The van der Waals surface area contributed by atoms with Crippen LogP contribution in [0, 0.1) is 5.92 Å². The molecule has 0 unspecified atom stereocenters. The first-order valence-electron chi connectivity index (χ1n) is 6.82. The van der Waals surface area contributed by atoms with E-state index in [2.05, 4.69) is 86.5 Å². The van der Waals surface area contributed by atoms with Gasteiger partial charge in [0.15, 0.2) is 0 Å². The van der Waals surface area contributed by atoms with Gasteiger partial charge in [0.1, 0.15) is 0 Å². The van der Waals surface area contributed by atoms with Crippen LogP contribution >= 0.6 is 31.9 Å². The third-order valence-corrected chi connectivity index (χ3v) is 5.57. The fraction of sp³-hybridized carbons (Fsp3) is 0.294. The molecule has 20 heavy (non-hydrogen) atoms. The first-order chi connectivity index (χ1) is 9.75. The molecule has 0 spiro atoms. The molecule has 1 nitrogen and oxygen atoms in total. The van der Waals surface area contributed by atoms with Crippen LogP contribution < -0.4 is 0 Å². The van der Waals surface area contributed by atoms with Gasteiger partial charge in [-0.2, -0.15) is 0 Å². The van der Waals surface area contributed by atoms with Gasteiger partial charge in [-0.05, 0) is 29.7 Å². The summed E-state index contributed by atoms with van der Waals surface area (Å²) in [4.78, 5) is 0.333. The van der Waals surface area contributed by atoms with Crippen molar-refractivity contribution in [2.24, 2.45) is 5.92 Å². The number of hydrogen-bond donors (Lipinski definition) is 0. The van der Waals surface area contributed by atoms with Crippen LogP contribution in [0.2, 0.25) is 0 Å². The molecule has 0 radical (unpaired) electrons. The van der Waals surface area contributed by atoms with Gasteiger partial charge >= 0.3 is 0 Å². The molecule has 1 fully saturated rings. The van der Waals surface area contributed by atoms with Crippen molar-refractivity contribution in [2.45, 2.75) is 17.4 Å². The number of alkyl halides is 1. The molecule has 2 aromatic carbocycles. The quantitative estimate of drug-likeness (QED) is 0.609. The van der Waals surface area contributed by atoms with E-state index >= 15 is 0 Å². The van der Waals surface area contributed by atoms with Crippen LogP contribution in [0.25, 0.3) is 0 Å². The molecule has 0 saturated carbocycles. The Labute approximate surface area is 136 Å². The molecular weight excluding hydrogens is 380 g/mol. The topological polar surface area (TPSA) is 9.23 Å². The molecule has 0 aliphatic carbocycles. The van der Waals surface area contributed by atoms with Crippen molar-refractivity contribution in [3.8, 4) is 0 Å². The Kier molecular flexibility index (Phi) is 4.59. The maximum absolute atomic E-state index is 5.99. The number of hydrogen-bond acceptors (Lipinski definition) is 1. The zero-order chi connectivity index (χ0) is 13.9. The van der Waals surface area contributed by atoms with E-state index in [-0.39, 0.29) is 6.10 Å². The number of halogens is 2. The van der Waals surface area contributed by atoms with Crippen LogP contribution in [0.1, 0.15) is 28.5 Å². The highest BCUT2D eigenvalue weighted by Gasteiger charge is 2.35. The molecule has 1 heterocycles. The Morgan fingerprint density at radius 3 is 2.40 bits per heavy atom. The van der Waals surface area contributed by atoms with Gasteiger partial charge in [-0.3, -0.25) is 0 Å². The molecule has 1 aliphatic rings. The molecule has 0 N–H and O–H groups in total. The van der Waals surface area contributed by atoms with Gasteiger partial charge in [-0.15, -0.1) is 0 Å². The van der Waals surface area contributed by atoms with Gasteiger partial charge in [-0.1, -0.05) is 74.3 Å². The van der Waals surface area contributed by atoms with Gasteiger partial charge in [-0.25, -0.2) is 0 Å². The van der Waals surface area contributed by atoms with Crippen molar-refractivity contribution < 1.29 is 4.74 Å². The van der Waals surface area contributed by atoms with Crippen LogP contribution in [0.4, 0.5) is 0 Å². The summed E-state index contributed by atoms with van der Waals surface area (Å²) >= 11 is 7.36. The summed E-state index contributed by atoms with van der Waals surface area (Å²) in [7, 11) is 0. The molecule has 3 atom stereocenters. The SMILES string of the molecule is Brc1ccc([C@@H]2OCC[C@H]2[C@@H](Br)c2ccccc2)cc1. The fourth-order valence-corrected chi connectivity index (χ4v) is 3.90. The summed E-state index contributed by atoms with van der Waals surface area (Å²) in [5.74, 6) is 0.471. The van der Waals surface area contributed by atoms with Gasteiger partial charge < -0.3 is 4.74 Å². The molecule has 0 bridgehead atoms. The maximum Gasteiger partial charge on any atom is 0.0867 e. The second-order valence-corrected chi connectivity index (χ2v) is 7.01. The fourth-order valence-electron chi connectivity index (χ4n) is 2.79. The van der Waals surface area contributed by atoms with Crippen LogP contribution in [-0.2, 0) is 4.74 Å². The number of rotatable bonds is 3. The van der Waals surface area contributed by atoms with E-state index in [9.17, 15) is 0 Å². The Balaban J connectivity index is 1.83. The van der Waals surface area contributed by atoms with Crippen molar-refractivity contribution in [3.05, 3.63) is 70.2 Å². The Hall–Kier alpha value is -0.640. The monoisotopic (exact) mass is 394 g/mol. The van der Waals surface area contributed by atoms with Crippen molar-refractivity contribution >= 4 is 31.9 Å². The average molecular weight is 396 g/mol. The van der Waals surface area contributed by atoms with E-state index in [1.165, 1.54) is 11.1 Å². The summed E-state index contributed by atoms with van der Waals surface area (Å²) in [6.45, 7) is 0.834. The lowest BCUT2D eigenvalue weighted by atomic mass is 9.89. The zero-order valence-corrected chi connectivity index (χ0v) is 14.2. The van der Waals surface area contributed by atoms with Gasteiger partial charge in [0.2, 0.25) is 0 Å². The van der Waals surface area contributed by atoms with Crippen LogP contribution in [0.3, 0.4) is 0 Å². The minimum Gasteiger partial charge on any atom is -0.373 e. The highest BCUT2D eigenvalue weighted by atomic mass is 79.9. The normalized spacial score (nSPS) is 23.7. The molecule has 1 saturated heterocycles. The van der Waals surface area contributed by atoms with Crippen LogP contribution in [0.15, 0.2) is 59.1 Å². The van der Waals surface area contributed by atoms with Crippen LogP contribution in [-0.4, -0.2) is 6.61 Å². The molecule has 1 aliphatic heterocycles. The number of benzene rings is 2. The van der Waals surface area contributed by atoms with Gasteiger partial charge in [0, 0.05) is 21.8 Å². The molecule has 0 aromatic heterocycles. The third kappa shape index (κ3) is 3.00. The summed E-state index contributed by atoms with van der Waals surface area (Å²) in [6.07, 6.45) is 1.26. The lowest BCUT2D eigenvalue weighted by Crippen LogP contribution is -2.13. The van der Waals surface area contributed by atoms with Gasteiger partial charge in [0.25, 0.3) is 0 Å². The minimum absolute atomic E-state index is 0.174. The molecule has 104 valence electrons. The summed E-state index contributed by atoms with van der Waals surface area (Å²) in [6, 6.07) is 19.1. The maximum atomic E-state index is 5.99. The van der Waals surface area contributed by atoms with Crippen molar-refractivity contribution in [3.63, 3.8) is 0 Å². The number of ether oxygens (including phenoxy) is 1. The van der Waals surface area contributed by atoms with E-state index in [0.29, 0.717) is 10.7 Å². The third-order valence-electron chi connectivity index (χ3n) is 3.83. The van der Waals surface area contributed by atoms with E-state index < -0.39 is 0 Å². The Bertz CT molecular complexity index is 553. The van der Waals surface area contributed by atoms with E-state index in [0.717, 1.165) is 17.5 Å². The predicted molar refractivity (Wildman–Crippen MR) is 89.1 cm³/mol. The standard InChI is InChI=1S/C17H16Br2O/c18-14-8-6-13(7-9-14)17-15(10-11-20-17)16(19)12-4-2-1-3-5-12/h1-9,15-17H,10-11H2/t15-,16-,17-/m0/s1. The summed E-state index contributed by atoms with van der Waals surface area (Å²) in [5, 5.41) is 0. The molecule has 2 aromatic rings. The second kappa shape index (κ2) is 6.42. The smallest absolute Gasteiger partial charge is 0.0867 e. The average Bonchev–Trinajstić information content (AvgIpc) is 2.97. The van der Waals surface area contributed by atoms with E-state index in [1.54, 1.807) is 0 Å². The van der Waals surface area contributed by atoms with Crippen molar-refractivity contribution in [2.75, 3.05) is 6.61 Å². The predicted octanol–water partition coefficient (Wildman–Crippen LogP) is 5.66.